The lowest BCUT2D eigenvalue weighted by atomic mass is 10.2. The molecule has 0 saturated carbocycles. The molecule has 0 aromatic rings. The number of hydrogen-bond acceptors (Lipinski definition) is 3. The molecule has 1 spiro atoms. The van der Waals surface area contributed by atoms with Crippen LogP contribution in [0.25, 0.3) is 0 Å². The average molecular weight is 157 g/mol. The monoisotopic (exact) mass is 157 g/mol. The van der Waals surface area contributed by atoms with Gasteiger partial charge in [-0.3, -0.25) is 4.90 Å². The van der Waals surface area contributed by atoms with E-state index in [9.17, 15) is 0 Å². The van der Waals surface area contributed by atoms with Crippen molar-refractivity contribution >= 4 is 0 Å². The van der Waals surface area contributed by atoms with Gasteiger partial charge in [0.2, 0.25) is 0 Å². The molecule has 0 amide bonds. The van der Waals surface area contributed by atoms with Crippen molar-refractivity contribution < 1.29 is 9.47 Å². The number of rotatable bonds is 0. The number of nitrogens with zero attached hydrogens (tertiary/aromatic N) is 1. The Morgan fingerprint density at radius 1 is 1.36 bits per heavy atom. The van der Waals surface area contributed by atoms with Crippen molar-refractivity contribution in [3.8, 4) is 0 Å². The highest BCUT2D eigenvalue weighted by Crippen LogP contribution is 2.33. The average Bonchev–Trinajstić information content (AvgIpc) is 2.46. The van der Waals surface area contributed by atoms with Crippen LogP contribution in [0.15, 0.2) is 0 Å². The summed E-state index contributed by atoms with van der Waals surface area (Å²) in [7, 11) is 2.12. The van der Waals surface area contributed by atoms with Crippen LogP contribution in [0.1, 0.15) is 13.3 Å². The molecule has 2 aliphatic heterocycles. The zero-order chi connectivity index (χ0) is 7.90. The topological polar surface area (TPSA) is 21.7 Å². The molecule has 1 atom stereocenters. The first-order valence-electron chi connectivity index (χ1n) is 4.20. The van der Waals surface area contributed by atoms with Crippen molar-refractivity contribution in [3.05, 3.63) is 0 Å². The van der Waals surface area contributed by atoms with E-state index in [0.29, 0.717) is 6.04 Å². The highest BCUT2D eigenvalue weighted by molar-refractivity contribution is 4.90. The zero-order valence-electron chi connectivity index (χ0n) is 7.17. The summed E-state index contributed by atoms with van der Waals surface area (Å²) in [6, 6.07) is 0.591. The Labute approximate surface area is 67.3 Å². The second-order valence-electron chi connectivity index (χ2n) is 3.58. The number of ether oxygens (including phenoxy) is 2. The fraction of sp³-hybridized carbons (Fsp3) is 1.00. The standard InChI is InChI=1S/C8H15NO2/c1-7-5-8(6-9(7)2)10-3-4-11-8/h7H,3-6H2,1-2H3/t7-/m1/s1. The molecule has 2 rings (SSSR count). The Kier molecular flexibility index (Phi) is 1.67. The highest BCUT2D eigenvalue weighted by atomic mass is 16.7. The van der Waals surface area contributed by atoms with Crippen molar-refractivity contribution in [1.29, 1.82) is 0 Å². The summed E-state index contributed by atoms with van der Waals surface area (Å²) in [5.74, 6) is -0.242. The highest BCUT2D eigenvalue weighted by Gasteiger charge is 2.45. The molecule has 0 unspecified atom stereocenters. The van der Waals surface area contributed by atoms with Crippen LogP contribution in [0, 0.1) is 0 Å². The third-order valence-corrected chi connectivity index (χ3v) is 2.66. The van der Waals surface area contributed by atoms with Crippen LogP contribution in [-0.4, -0.2) is 43.5 Å². The molecule has 0 N–H and O–H groups in total. The zero-order valence-corrected chi connectivity index (χ0v) is 7.17. The fourth-order valence-electron chi connectivity index (χ4n) is 1.91. The maximum Gasteiger partial charge on any atom is 0.182 e. The third kappa shape index (κ3) is 1.17. The van der Waals surface area contributed by atoms with Gasteiger partial charge in [-0.05, 0) is 14.0 Å². The van der Waals surface area contributed by atoms with E-state index in [1.165, 1.54) is 0 Å². The van der Waals surface area contributed by atoms with Gasteiger partial charge < -0.3 is 9.47 Å². The molecular formula is C8H15NO2. The summed E-state index contributed by atoms with van der Waals surface area (Å²) in [5, 5.41) is 0. The van der Waals surface area contributed by atoms with Crippen molar-refractivity contribution in [2.24, 2.45) is 0 Å². The van der Waals surface area contributed by atoms with Crippen LogP contribution in [0.2, 0.25) is 0 Å². The van der Waals surface area contributed by atoms with E-state index in [4.69, 9.17) is 9.47 Å². The fourth-order valence-corrected chi connectivity index (χ4v) is 1.91. The van der Waals surface area contributed by atoms with Crippen LogP contribution < -0.4 is 0 Å². The van der Waals surface area contributed by atoms with Crippen molar-refractivity contribution in [3.63, 3.8) is 0 Å². The number of hydrogen-bond donors (Lipinski definition) is 0. The minimum Gasteiger partial charge on any atom is -0.346 e. The van der Waals surface area contributed by atoms with Gasteiger partial charge in [0.25, 0.3) is 0 Å². The lowest BCUT2D eigenvalue weighted by Crippen LogP contribution is -2.32. The van der Waals surface area contributed by atoms with Gasteiger partial charge in [0.1, 0.15) is 0 Å². The second kappa shape index (κ2) is 2.44. The molecule has 0 radical (unpaired) electrons. The smallest absolute Gasteiger partial charge is 0.182 e. The van der Waals surface area contributed by atoms with E-state index in [-0.39, 0.29) is 5.79 Å². The van der Waals surface area contributed by atoms with Crippen LogP contribution in [0.4, 0.5) is 0 Å². The van der Waals surface area contributed by atoms with E-state index in [0.717, 1.165) is 26.2 Å². The maximum absolute atomic E-state index is 5.58. The molecule has 2 heterocycles. The molecular weight excluding hydrogens is 142 g/mol. The molecule has 64 valence electrons. The SMILES string of the molecule is C[C@@H]1CC2(CN1C)OCCO2. The summed E-state index contributed by atoms with van der Waals surface area (Å²) in [6.45, 7) is 4.66. The molecule has 2 saturated heterocycles. The summed E-state index contributed by atoms with van der Waals surface area (Å²) in [5.41, 5.74) is 0. The third-order valence-electron chi connectivity index (χ3n) is 2.66. The van der Waals surface area contributed by atoms with Crippen LogP contribution in [-0.2, 0) is 9.47 Å². The minimum absolute atomic E-state index is 0.242. The Morgan fingerprint density at radius 3 is 2.45 bits per heavy atom. The van der Waals surface area contributed by atoms with E-state index in [1.807, 2.05) is 0 Å². The van der Waals surface area contributed by atoms with Gasteiger partial charge in [0.15, 0.2) is 5.79 Å². The molecule has 0 aromatic heterocycles. The molecule has 0 bridgehead atoms. The quantitative estimate of drug-likeness (QED) is 0.509. The lowest BCUT2D eigenvalue weighted by Gasteiger charge is -2.20. The van der Waals surface area contributed by atoms with Gasteiger partial charge in [-0.2, -0.15) is 0 Å². The molecule has 3 heteroatoms. The Balaban J connectivity index is 2.06. The van der Waals surface area contributed by atoms with Crippen molar-refractivity contribution in [2.75, 3.05) is 26.8 Å². The maximum atomic E-state index is 5.58. The van der Waals surface area contributed by atoms with E-state index in [2.05, 4.69) is 18.9 Å². The van der Waals surface area contributed by atoms with Gasteiger partial charge in [-0.25, -0.2) is 0 Å². The van der Waals surface area contributed by atoms with Gasteiger partial charge in [0, 0.05) is 12.5 Å². The lowest BCUT2D eigenvalue weighted by molar-refractivity contribution is -0.144. The summed E-state index contributed by atoms with van der Waals surface area (Å²) < 4.78 is 11.2. The number of likely N-dealkylation sites (N-methyl/N-ethyl adjacent to an activating group) is 1. The largest absolute Gasteiger partial charge is 0.346 e. The van der Waals surface area contributed by atoms with Crippen molar-refractivity contribution in [1.82, 2.24) is 4.90 Å². The van der Waals surface area contributed by atoms with Crippen LogP contribution in [0.5, 0.6) is 0 Å². The number of likely N-dealkylation sites (tertiary alicyclic amines) is 1. The van der Waals surface area contributed by atoms with Gasteiger partial charge in [-0.1, -0.05) is 0 Å². The van der Waals surface area contributed by atoms with E-state index >= 15 is 0 Å². The van der Waals surface area contributed by atoms with Crippen LogP contribution in [0.3, 0.4) is 0 Å². The first-order valence-corrected chi connectivity index (χ1v) is 4.20. The predicted octanol–water partition coefficient (Wildman–Crippen LogP) is 0.454. The van der Waals surface area contributed by atoms with E-state index < -0.39 is 0 Å². The first-order chi connectivity index (χ1) is 5.22. The Morgan fingerprint density at radius 2 is 2.00 bits per heavy atom. The molecule has 2 fully saturated rings. The van der Waals surface area contributed by atoms with Gasteiger partial charge in [-0.15, -0.1) is 0 Å². The summed E-state index contributed by atoms with van der Waals surface area (Å²) in [4.78, 5) is 2.28. The molecule has 3 nitrogen and oxygen atoms in total. The van der Waals surface area contributed by atoms with Gasteiger partial charge in [0.05, 0.1) is 19.8 Å². The van der Waals surface area contributed by atoms with E-state index in [1.54, 1.807) is 0 Å². The summed E-state index contributed by atoms with van der Waals surface area (Å²) in [6.07, 6.45) is 1.02. The minimum atomic E-state index is -0.242. The second-order valence-corrected chi connectivity index (χ2v) is 3.58. The first kappa shape index (κ1) is 7.53. The Hall–Kier alpha value is -0.120. The normalized spacial score (nSPS) is 37.1. The molecule has 0 aliphatic carbocycles. The van der Waals surface area contributed by atoms with Crippen LogP contribution >= 0.6 is 0 Å². The molecule has 2 aliphatic rings. The molecule has 0 aromatic carbocycles. The Bertz CT molecular complexity index is 142. The molecule has 11 heavy (non-hydrogen) atoms. The summed E-state index contributed by atoms with van der Waals surface area (Å²) >= 11 is 0. The van der Waals surface area contributed by atoms with Crippen molar-refractivity contribution in [2.45, 2.75) is 25.2 Å². The van der Waals surface area contributed by atoms with Gasteiger partial charge >= 0.3 is 0 Å². The predicted molar refractivity (Wildman–Crippen MR) is 41.3 cm³/mol.